The normalized spacial score (nSPS) is 10.9. The zero-order chi connectivity index (χ0) is 19.7. The molecule has 0 saturated carbocycles. The van der Waals surface area contributed by atoms with Crippen molar-refractivity contribution >= 4 is 11.0 Å². The maximum absolute atomic E-state index is 5.56. The Balaban J connectivity index is 2.05. The molecule has 0 aliphatic carbocycles. The fourth-order valence-corrected chi connectivity index (χ4v) is 3.46. The van der Waals surface area contributed by atoms with Gasteiger partial charge in [0, 0.05) is 17.7 Å². The molecule has 0 atom stereocenters. The molecule has 0 spiro atoms. The summed E-state index contributed by atoms with van der Waals surface area (Å²) in [5.41, 5.74) is 5.05. The van der Waals surface area contributed by atoms with Crippen molar-refractivity contribution < 1.29 is 14.2 Å². The van der Waals surface area contributed by atoms with E-state index in [9.17, 15) is 0 Å². The predicted octanol–water partition coefficient (Wildman–Crippen LogP) is 5.03. The number of rotatable bonds is 5. The second-order valence-corrected chi connectivity index (χ2v) is 6.51. The van der Waals surface area contributed by atoms with Crippen LogP contribution in [0.4, 0.5) is 0 Å². The van der Waals surface area contributed by atoms with Gasteiger partial charge in [-0.25, -0.2) is 4.98 Å². The quantitative estimate of drug-likeness (QED) is 0.492. The minimum absolute atomic E-state index is 0.565. The van der Waals surface area contributed by atoms with Crippen LogP contribution in [0.25, 0.3) is 28.1 Å². The number of hydrogen-bond donors (Lipinski definition) is 0. The number of aromatic nitrogens is 2. The highest BCUT2D eigenvalue weighted by Gasteiger charge is 2.19. The molecular formula is C23H22N2O3. The van der Waals surface area contributed by atoms with Gasteiger partial charge in [0.1, 0.15) is 5.82 Å². The van der Waals surface area contributed by atoms with Crippen molar-refractivity contribution in [2.45, 2.75) is 6.92 Å². The van der Waals surface area contributed by atoms with E-state index in [1.165, 1.54) is 5.56 Å². The van der Waals surface area contributed by atoms with Crippen LogP contribution in [0.15, 0.2) is 60.7 Å². The summed E-state index contributed by atoms with van der Waals surface area (Å²) in [7, 11) is 4.84. The Hall–Kier alpha value is -3.47. The number of nitrogens with zero attached hydrogens (tertiary/aromatic N) is 2. The smallest absolute Gasteiger partial charge is 0.203 e. The average Bonchev–Trinajstić information content (AvgIpc) is 3.12. The highest BCUT2D eigenvalue weighted by atomic mass is 16.5. The zero-order valence-electron chi connectivity index (χ0n) is 16.4. The van der Waals surface area contributed by atoms with Gasteiger partial charge in [-0.1, -0.05) is 35.9 Å². The maximum Gasteiger partial charge on any atom is 0.203 e. The van der Waals surface area contributed by atoms with Gasteiger partial charge >= 0.3 is 0 Å². The Morgan fingerprint density at radius 2 is 1.50 bits per heavy atom. The van der Waals surface area contributed by atoms with Crippen LogP contribution in [-0.4, -0.2) is 30.9 Å². The Kier molecular flexibility index (Phi) is 4.65. The molecule has 0 amide bonds. The van der Waals surface area contributed by atoms with Crippen molar-refractivity contribution in [1.82, 2.24) is 9.55 Å². The minimum Gasteiger partial charge on any atom is -0.493 e. The van der Waals surface area contributed by atoms with Crippen LogP contribution < -0.4 is 14.2 Å². The van der Waals surface area contributed by atoms with E-state index in [2.05, 4.69) is 35.8 Å². The van der Waals surface area contributed by atoms with Gasteiger partial charge in [-0.3, -0.25) is 4.57 Å². The van der Waals surface area contributed by atoms with E-state index in [4.69, 9.17) is 19.2 Å². The lowest BCUT2D eigenvalue weighted by Gasteiger charge is -2.16. The van der Waals surface area contributed by atoms with Crippen molar-refractivity contribution in [3.8, 4) is 34.3 Å². The predicted molar refractivity (Wildman–Crippen MR) is 111 cm³/mol. The van der Waals surface area contributed by atoms with Crippen molar-refractivity contribution in [2.75, 3.05) is 21.3 Å². The molecule has 3 aromatic carbocycles. The summed E-state index contributed by atoms with van der Waals surface area (Å²) in [6.07, 6.45) is 0. The topological polar surface area (TPSA) is 45.5 Å². The molecule has 0 aliphatic rings. The molecule has 0 N–H and O–H groups in total. The first kappa shape index (κ1) is 17.9. The van der Waals surface area contributed by atoms with Crippen LogP contribution in [0.2, 0.25) is 0 Å². The highest BCUT2D eigenvalue weighted by Crippen LogP contribution is 2.41. The number of para-hydroxylation sites is 2. The average molecular weight is 374 g/mol. The lowest BCUT2D eigenvalue weighted by molar-refractivity contribution is 0.324. The molecular weight excluding hydrogens is 352 g/mol. The molecule has 4 aromatic rings. The molecule has 142 valence electrons. The summed E-state index contributed by atoms with van der Waals surface area (Å²) >= 11 is 0. The van der Waals surface area contributed by atoms with E-state index >= 15 is 0 Å². The number of fused-ring (bicyclic) bond motifs is 1. The van der Waals surface area contributed by atoms with E-state index in [0.29, 0.717) is 17.2 Å². The lowest BCUT2D eigenvalue weighted by Crippen LogP contribution is -2.01. The van der Waals surface area contributed by atoms with Crippen molar-refractivity contribution in [3.05, 3.63) is 66.2 Å². The van der Waals surface area contributed by atoms with Gasteiger partial charge in [0.05, 0.1) is 38.1 Å². The molecule has 0 bridgehead atoms. The van der Waals surface area contributed by atoms with Gasteiger partial charge < -0.3 is 14.2 Å². The molecule has 0 fully saturated rings. The Morgan fingerprint density at radius 1 is 0.786 bits per heavy atom. The van der Waals surface area contributed by atoms with Crippen LogP contribution in [0.3, 0.4) is 0 Å². The molecule has 0 saturated heterocycles. The number of aryl methyl sites for hydroxylation is 1. The third kappa shape index (κ3) is 2.95. The Bertz CT molecular complexity index is 1120. The van der Waals surface area contributed by atoms with Crippen molar-refractivity contribution in [3.63, 3.8) is 0 Å². The second-order valence-electron chi connectivity index (χ2n) is 6.51. The summed E-state index contributed by atoms with van der Waals surface area (Å²) in [6.45, 7) is 2.08. The maximum atomic E-state index is 5.56. The molecule has 1 heterocycles. The standard InChI is InChI=1S/C23H22N2O3/c1-15-8-7-9-16(12-15)23-24-18-10-5-6-11-19(18)25(23)17-13-20(26-2)22(28-4)21(14-17)27-3/h5-14H,1-4H3. The number of ether oxygens (including phenoxy) is 3. The molecule has 0 aliphatic heterocycles. The van der Waals surface area contributed by atoms with E-state index < -0.39 is 0 Å². The largest absolute Gasteiger partial charge is 0.493 e. The van der Waals surface area contributed by atoms with Crippen molar-refractivity contribution in [1.29, 1.82) is 0 Å². The first-order chi connectivity index (χ1) is 13.7. The first-order valence-corrected chi connectivity index (χ1v) is 9.01. The summed E-state index contributed by atoms with van der Waals surface area (Å²) in [4.78, 5) is 4.90. The fourth-order valence-electron chi connectivity index (χ4n) is 3.46. The van der Waals surface area contributed by atoms with Gasteiger partial charge in [0.15, 0.2) is 11.5 Å². The van der Waals surface area contributed by atoms with E-state index in [0.717, 1.165) is 28.1 Å². The van der Waals surface area contributed by atoms with Gasteiger partial charge in [0.25, 0.3) is 0 Å². The van der Waals surface area contributed by atoms with Gasteiger partial charge in [0.2, 0.25) is 5.75 Å². The van der Waals surface area contributed by atoms with Crippen LogP contribution in [-0.2, 0) is 0 Å². The van der Waals surface area contributed by atoms with E-state index in [1.807, 2.05) is 36.4 Å². The van der Waals surface area contributed by atoms with E-state index in [-0.39, 0.29) is 0 Å². The molecule has 4 rings (SSSR count). The van der Waals surface area contributed by atoms with Gasteiger partial charge in [-0.15, -0.1) is 0 Å². The first-order valence-electron chi connectivity index (χ1n) is 9.01. The highest BCUT2D eigenvalue weighted by molar-refractivity contribution is 5.83. The fraction of sp³-hybridized carbons (Fsp3) is 0.174. The molecule has 5 nitrogen and oxygen atoms in total. The lowest BCUT2D eigenvalue weighted by atomic mass is 10.1. The summed E-state index contributed by atoms with van der Waals surface area (Å²) < 4.78 is 18.7. The summed E-state index contributed by atoms with van der Waals surface area (Å²) in [5.74, 6) is 2.63. The monoisotopic (exact) mass is 374 g/mol. The van der Waals surface area contributed by atoms with Crippen LogP contribution in [0.1, 0.15) is 5.56 Å². The molecule has 0 radical (unpaired) electrons. The summed E-state index contributed by atoms with van der Waals surface area (Å²) in [6, 6.07) is 20.3. The number of methoxy groups -OCH3 is 3. The number of imidazole rings is 1. The SMILES string of the molecule is COc1cc(-n2c(-c3cccc(C)c3)nc3ccccc32)cc(OC)c1OC. The zero-order valence-corrected chi connectivity index (χ0v) is 16.4. The van der Waals surface area contributed by atoms with Crippen LogP contribution in [0.5, 0.6) is 17.2 Å². The van der Waals surface area contributed by atoms with Crippen molar-refractivity contribution in [2.24, 2.45) is 0 Å². The third-order valence-corrected chi connectivity index (χ3v) is 4.74. The van der Waals surface area contributed by atoms with Gasteiger partial charge in [-0.2, -0.15) is 0 Å². The number of hydrogen-bond acceptors (Lipinski definition) is 4. The Morgan fingerprint density at radius 3 is 2.14 bits per heavy atom. The summed E-state index contributed by atoms with van der Waals surface area (Å²) in [5, 5.41) is 0. The molecule has 28 heavy (non-hydrogen) atoms. The minimum atomic E-state index is 0.565. The molecule has 1 aromatic heterocycles. The molecule has 0 unspecified atom stereocenters. The molecule has 5 heteroatoms. The Labute approximate surface area is 164 Å². The second kappa shape index (κ2) is 7.27. The number of benzene rings is 3. The van der Waals surface area contributed by atoms with Gasteiger partial charge in [-0.05, 0) is 25.1 Å². The van der Waals surface area contributed by atoms with Crippen LogP contribution >= 0.6 is 0 Å². The third-order valence-electron chi connectivity index (χ3n) is 4.74. The van der Waals surface area contributed by atoms with Crippen LogP contribution in [0, 0.1) is 6.92 Å². The van der Waals surface area contributed by atoms with E-state index in [1.54, 1.807) is 21.3 Å².